The van der Waals surface area contributed by atoms with E-state index in [9.17, 15) is 9.18 Å². The molecule has 0 bridgehead atoms. The molecule has 5 nitrogen and oxygen atoms in total. The van der Waals surface area contributed by atoms with E-state index in [-0.39, 0.29) is 5.75 Å². The molecule has 30 heavy (non-hydrogen) atoms. The monoisotopic (exact) mass is 439 g/mol. The molecule has 4 aromatic rings. The minimum atomic E-state index is -0.877. The number of para-hydroxylation sites is 1. The summed E-state index contributed by atoms with van der Waals surface area (Å²) in [6.07, 6.45) is -0.877. The minimum Gasteiger partial charge on any atom is -0.478 e. The van der Waals surface area contributed by atoms with E-state index in [1.54, 1.807) is 30.8 Å². The lowest BCUT2D eigenvalue weighted by Crippen LogP contribution is -2.30. The molecule has 0 saturated carbocycles. The number of ether oxygens (including phenoxy) is 1. The predicted molar refractivity (Wildman–Crippen MR) is 119 cm³/mol. The third-order valence-electron chi connectivity index (χ3n) is 4.38. The fourth-order valence-electron chi connectivity index (χ4n) is 2.87. The maximum Gasteiger partial charge on any atom is 0.266 e. The largest absolute Gasteiger partial charge is 0.478 e. The minimum absolute atomic E-state index is 0.0312. The molecule has 0 aliphatic heterocycles. The van der Waals surface area contributed by atoms with E-state index in [2.05, 4.69) is 39.8 Å². The van der Waals surface area contributed by atoms with Crippen molar-refractivity contribution < 1.29 is 13.9 Å². The maximum atomic E-state index is 13.7. The van der Waals surface area contributed by atoms with Crippen molar-refractivity contribution in [2.75, 3.05) is 5.32 Å². The second-order valence-electron chi connectivity index (χ2n) is 6.48. The fraction of sp³-hybridized carbons (Fsp3) is 0.136. The molecule has 1 N–H and O–H groups in total. The number of nitrogens with one attached hydrogen (secondary N) is 1. The number of carbonyl (C=O) groups is 1. The van der Waals surface area contributed by atoms with Crippen LogP contribution in [0.5, 0.6) is 5.75 Å². The Hall–Kier alpha value is -2.97. The first-order valence-corrected chi connectivity index (χ1v) is 11.1. The van der Waals surface area contributed by atoms with Gasteiger partial charge in [-0.2, -0.15) is 0 Å². The number of thioether (sulfide) groups is 1. The molecule has 4 rings (SSSR count). The van der Waals surface area contributed by atoms with Crippen LogP contribution in [0, 0.1) is 5.82 Å². The molecule has 1 unspecified atom stereocenters. The van der Waals surface area contributed by atoms with Crippen molar-refractivity contribution in [1.29, 1.82) is 0 Å². The first-order chi connectivity index (χ1) is 14.6. The predicted octanol–water partition coefficient (Wildman–Crippen LogP) is 5.53. The summed E-state index contributed by atoms with van der Waals surface area (Å²) in [5.41, 5.74) is 1.21. The first kappa shape index (κ1) is 20.3. The van der Waals surface area contributed by atoms with Crippen LogP contribution in [-0.2, 0) is 10.5 Å². The van der Waals surface area contributed by atoms with Gasteiger partial charge in [0.05, 0.1) is 0 Å². The SMILES string of the molecule is CC(Oc1ccccc1F)C(=O)Nc1nnc(SCc2cccc3ccccc23)s1. The van der Waals surface area contributed by atoms with Gasteiger partial charge in [0.25, 0.3) is 5.91 Å². The zero-order valence-corrected chi connectivity index (χ0v) is 17.7. The molecule has 0 aliphatic rings. The molecular formula is C22H18FN3O2S2. The van der Waals surface area contributed by atoms with Crippen molar-refractivity contribution in [3.63, 3.8) is 0 Å². The lowest BCUT2D eigenvalue weighted by atomic mass is 10.1. The Bertz CT molecular complexity index is 1180. The Labute approximate surface area is 181 Å². The number of benzene rings is 3. The number of aromatic nitrogens is 2. The molecule has 3 aromatic carbocycles. The molecule has 0 spiro atoms. The molecule has 152 valence electrons. The summed E-state index contributed by atoms with van der Waals surface area (Å²) in [4.78, 5) is 12.3. The highest BCUT2D eigenvalue weighted by Crippen LogP contribution is 2.31. The molecule has 0 radical (unpaired) electrons. The van der Waals surface area contributed by atoms with Crippen LogP contribution < -0.4 is 10.1 Å². The van der Waals surface area contributed by atoms with Crippen molar-refractivity contribution in [2.45, 2.75) is 23.1 Å². The Morgan fingerprint density at radius 2 is 1.87 bits per heavy atom. The average molecular weight is 440 g/mol. The topological polar surface area (TPSA) is 64.1 Å². The first-order valence-electron chi connectivity index (χ1n) is 9.25. The van der Waals surface area contributed by atoms with Gasteiger partial charge < -0.3 is 4.74 Å². The van der Waals surface area contributed by atoms with Crippen LogP contribution in [0.4, 0.5) is 9.52 Å². The number of anilines is 1. The van der Waals surface area contributed by atoms with Crippen LogP contribution in [0.15, 0.2) is 71.1 Å². The highest BCUT2D eigenvalue weighted by Gasteiger charge is 2.18. The summed E-state index contributed by atoms with van der Waals surface area (Å²) in [6.45, 7) is 1.55. The smallest absolute Gasteiger partial charge is 0.266 e. The third kappa shape index (κ3) is 4.77. The average Bonchev–Trinajstić information content (AvgIpc) is 3.21. The van der Waals surface area contributed by atoms with Gasteiger partial charge in [-0.3, -0.25) is 10.1 Å². The van der Waals surface area contributed by atoms with Crippen molar-refractivity contribution >= 4 is 44.9 Å². The van der Waals surface area contributed by atoms with Crippen LogP contribution in [0.3, 0.4) is 0 Å². The van der Waals surface area contributed by atoms with Gasteiger partial charge in [0.2, 0.25) is 5.13 Å². The highest BCUT2D eigenvalue weighted by molar-refractivity contribution is 8.00. The summed E-state index contributed by atoms with van der Waals surface area (Å²) in [7, 11) is 0. The number of hydrogen-bond acceptors (Lipinski definition) is 6. The molecule has 1 atom stereocenters. The number of rotatable bonds is 7. The van der Waals surface area contributed by atoms with Gasteiger partial charge >= 0.3 is 0 Å². The van der Waals surface area contributed by atoms with Crippen LogP contribution in [-0.4, -0.2) is 22.2 Å². The molecule has 1 amide bonds. The number of carbonyl (C=O) groups excluding carboxylic acids is 1. The van der Waals surface area contributed by atoms with Gasteiger partial charge in [0.1, 0.15) is 0 Å². The van der Waals surface area contributed by atoms with Crippen molar-refractivity contribution in [2.24, 2.45) is 0 Å². The zero-order valence-electron chi connectivity index (χ0n) is 16.0. The van der Waals surface area contributed by atoms with Crippen molar-refractivity contribution in [3.8, 4) is 5.75 Å². The normalized spacial score (nSPS) is 11.9. The number of hydrogen-bond donors (Lipinski definition) is 1. The van der Waals surface area contributed by atoms with Gasteiger partial charge in [-0.1, -0.05) is 77.7 Å². The van der Waals surface area contributed by atoms with E-state index in [4.69, 9.17) is 4.74 Å². The molecule has 0 fully saturated rings. The van der Waals surface area contributed by atoms with Gasteiger partial charge in [0, 0.05) is 5.75 Å². The summed E-state index contributed by atoms with van der Waals surface area (Å²) in [6, 6.07) is 20.4. The zero-order chi connectivity index (χ0) is 20.9. The lowest BCUT2D eigenvalue weighted by molar-refractivity contribution is -0.122. The summed E-state index contributed by atoms with van der Waals surface area (Å²) in [5.74, 6) is -0.152. The second kappa shape index (κ2) is 9.23. The van der Waals surface area contributed by atoms with E-state index in [0.717, 1.165) is 10.1 Å². The molecule has 0 saturated heterocycles. The fourth-order valence-corrected chi connectivity index (χ4v) is 4.63. The van der Waals surface area contributed by atoms with Gasteiger partial charge in [0.15, 0.2) is 22.0 Å². The van der Waals surface area contributed by atoms with Gasteiger partial charge in [-0.05, 0) is 35.4 Å². The van der Waals surface area contributed by atoms with E-state index >= 15 is 0 Å². The van der Waals surface area contributed by atoms with E-state index in [1.165, 1.54) is 39.8 Å². The van der Waals surface area contributed by atoms with E-state index in [0.29, 0.717) is 5.13 Å². The molecule has 0 aliphatic carbocycles. The number of halogens is 1. The standard InChI is InChI=1S/C22H18FN3O2S2/c1-14(28-19-12-5-4-11-18(19)23)20(27)24-21-25-26-22(30-21)29-13-16-9-6-8-15-7-2-3-10-17(15)16/h2-12,14H,13H2,1H3,(H,24,25,27). The van der Waals surface area contributed by atoms with Crippen LogP contribution >= 0.6 is 23.1 Å². The Morgan fingerprint density at radius 1 is 1.10 bits per heavy atom. The summed E-state index contributed by atoms with van der Waals surface area (Å²) >= 11 is 2.85. The number of nitrogens with zero attached hydrogens (tertiary/aromatic N) is 2. The Morgan fingerprint density at radius 3 is 2.73 bits per heavy atom. The summed E-state index contributed by atoms with van der Waals surface area (Å²) in [5, 5.41) is 13.6. The highest BCUT2D eigenvalue weighted by atomic mass is 32.2. The molecule has 8 heteroatoms. The molecular weight excluding hydrogens is 421 g/mol. The maximum absolute atomic E-state index is 13.7. The van der Waals surface area contributed by atoms with Crippen LogP contribution in [0.2, 0.25) is 0 Å². The Balaban J connectivity index is 1.36. The van der Waals surface area contributed by atoms with Gasteiger partial charge in [-0.15, -0.1) is 10.2 Å². The van der Waals surface area contributed by atoms with Crippen molar-refractivity contribution in [1.82, 2.24) is 10.2 Å². The van der Waals surface area contributed by atoms with Crippen LogP contribution in [0.25, 0.3) is 10.8 Å². The lowest BCUT2D eigenvalue weighted by Gasteiger charge is -2.13. The van der Waals surface area contributed by atoms with Crippen molar-refractivity contribution in [3.05, 3.63) is 78.1 Å². The second-order valence-corrected chi connectivity index (χ2v) is 8.68. The quantitative estimate of drug-likeness (QED) is 0.303. The number of fused-ring (bicyclic) bond motifs is 1. The van der Waals surface area contributed by atoms with Crippen LogP contribution in [0.1, 0.15) is 12.5 Å². The molecule has 1 heterocycles. The Kier molecular flexibility index (Phi) is 6.25. The van der Waals surface area contributed by atoms with E-state index < -0.39 is 17.8 Å². The van der Waals surface area contributed by atoms with E-state index in [1.807, 2.05) is 18.2 Å². The summed E-state index contributed by atoms with van der Waals surface area (Å²) < 4.78 is 19.8. The van der Waals surface area contributed by atoms with Gasteiger partial charge in [-0.25, -0.2) is 4.39 Å². The number of amides is 1. The molecule has 1 aromatic heterocycles. The third-order valence-corrected chi connectivity index (χ3v) is 6.40.